The molecule has 0 radical (unpaired) electrons. The van der Waals surface area contributed by atoms with E-state index in [2.05, 4.69) is 60.4 Å². The molecule has 4 saturated carbocycles. The van der Waals surface area contributed by atoms with E-state index in [9.17, 15) is 24.0 Å². The number of esters is 5. The minimum absolute atomic E-state index is 0.00944. The highest BCUT2D eigenvalue weighted by Gasteiger charge is 2.67. The lowest BCUT2D eigenvalue weighted by atomic mass is 9.69. The van der Waals surface area contributed by atoms with Crippen LogP contribution in [0, 0.1) is 87.8 Å². The molecule has 0 aromatic heterocycles. The maximum atomic E-state index is 12.4. The van der Waals surface area contributed by atoms with Gasteiger partial charge in [0.2, 0.25) is 0 Å². The number of rotatable bonds is 5. The molecule has 27 atom stereocenters. The van der Waals surface area contributed by atoms with E-state index in [1.165, 1.54) is 12.8 Å². The first kappa shape index (κ1) is 63.7. The Bertz CT molecular complexity index is 2590. The molecule has 14 nitrogen and oxygen atoms in total. The summed E-state index contributed by atoms with van der Waals surface area (Å²) in [6, 6.07) is 0. The lowest BCUT2D eigenvalue weighted by Crippen LogP contribution is -2.43. The van der Waals surface area contributed by atoms with Gasteiger partial charge in [-0.25, -0.2) is 0 Å². The molecule has 16 rings (SSSR count). The summed E-state index contributed by atoms with van der Waals surface area (Å²) in [4.78, 5) is 61.2. The molecule has 0 N–H and O–H groups in total. The molecule has 0 aromatic rings. The minimum Gasteiger partial charge on any atom is -0.460 e. The van der Waals surface area contributed by atoms with Crippen LogP contribution < -0.4 is 0 Å². The van der Waals surface area contributed by atoms with Gasteiger partial charge in [0.1, 0.15) is 28.0 Å². The smallest absolute Gasteiger partial charge is 0.315 e. The zero-order valence-corrected chi connectivity index (χ0v) is 56.3. The van der Waals surface area contributed by atoms with Gasteiger partial charge >= 0.3 is 29.8 Å². The van der Waals surface area contributed by atoms with E-state index in [1.807, 2.05) is 142 Å². The lowest BCUT2D eigenvalue weighted by molar-refractivity contribution is -0.169. The highest BCUT2D eigenvalue weighted by Crippen LogP contribution is 2.68. The maximum absolute atomic E-state index is 12.4. The Morgan fingerprint density at radius 3 is 1.37 bits per heavy atom. The van der Waals surface area contributed by atoms with Gasteiger partial charge in [-0.2, -0.15) is 0 Å². The monoisotopic (exact) mass is 1240 g/mol. The van der Waals surface area contributed by atoms with Gasteiger partial charge in [0.25, 0.3) is 0 Å². The largest absolute Gasteiger partial charge is 0.460 e. The van der Waals surface area contributed by atoms with Crippen molar-refractivity contribution < 1.29 is 66.6 Å². The van der Waals surface area contributed by atoms with Crippen molar-refractivity contribution in [1.82, 2.24) is 0 Å². The average molecular weight is 1240 g/mol. The second-order valence-corrected chi connectivity index (χ2v) is 36.4. The Balaban J connectivity index is 0.000000107. The number of hydrogen-bond donors (Lipinski definition) is 0. The second kappa shape index (κ2) is 22.4. The van der Waals surface area contributed by atoms with E-state index in [1.54, 1.807) is 0 Å². The predicted octanol–water partition coefficient (Wildman–Crippen LogP) is 12.3. The molecule has 16 bridgehead atoms. The van der Waals surface area contributed by atoms with Crippen LogP contribution in [-0.4, -0.2) is 128 Å². The molecule has 7 saturated heterocycles. The minimum atomic E-state index is -0.493. The highest BCUT2D eigenvalue weighted by atomic mass is 32.2. The molecule has 0 amide bonds. The quantitative estimate of drug-likeness (QED) is 0.145. The third-order valence-corrected chi connectivity index (χ3v) is 24.6. The summed E-state index contributed by atoms with van der Waals surface area (Å²) in [6.07, 6.45) is 30.1. The molecule has 27 unspecified atom stereocenters. The van der Waals surface area contributed by atoms with E-state index in [-0.39, 0.29) is 113 Å². The summed E-state index contributed by atoms with van der Waals surface area (Å²) in [5.74, 6) is 6.20. The van der Waals surface area contributed by atoms with Crippen LogP contribution in [0.4, 0.5) is 0 Å². The van der Waals surface area contributed by atoms with Gasteiger partial charge in [0.05, 0.1) is 77.4 Å². The predicted molar refractivity (Wildman–Crippen MR) is 334 cm³/mol. The Morgan fingerprint density at radius 1 is 0.414 bits per heavy atom. The molecule has 12 aliphatic heterocycles. The van der Waals surface area contributed by atoms with Crippen molar-refractivity contribution in [2.45, 2.75) is 260 Å². The lowest BCUT2D eigenvalue weighted by Gasteiger charge is -2.35. The number of ether oxygens (including phenoxy) is 9. The van der Waals surface area contributed by atoms with Crippen LogP contribution >= 0.6 is 23.5 Å². The summed E-state index contributed by atoms with van der Waals surface area (Å²) in [5.41, 5.74) is -2.75. The van der Waals surface area contributed by atoms with Crippen LogP contribution in [0.25, 0.3) is 0 Å². The Hall–Kier alpha value is -3.41. The molecule has 480 valence electrons. The van der Waals surface area contributed by atoms with E-state index in [4.69, 9.17) is 42.6 Å². The zero-order chi connectivity index (χ0) is 62.6. The second-order valence-electron chi connectivity index (χ2n) is 33.6. The van der Waals surface area contributed by atoms with Gasteiger partial charge in [-0.1, -0.05) is 60.8 Å². The fourth-order valence-corrected chi connectivity index (χ4v) is 21.9. The van der Waals surface area contributed by atoms with Crippen molar-refractivity contribution >= 4 is 53.4 Å². The molecular weight excluding hydrogens is 1140 g/mol. The van der Waals surface area contributed by atoms with Crippen molar-refractivity contribution in [2.75, 3.05) is 0 Å². The van der Waals surface area contributed by atoms with Gasteiger partial charge < -0.3 is 42.6 Å². The Labute approximate surface area is 526 Å². The van der Waals surface area contributed by atoms with Gasteiger partial charge in [0.15, 0.2) is 0 Å². The Morgan fingerprint density at radius 2 is 0.885 bits per heavy atom. The summed E-state index contributed by atoms with van der Waals surface area (Å²) in [7, 11) is 0. The maximum Gasteiger partial charge on any atom is 0.315 e. The number of carbonyl (C=O) groups excluding carboxylic acids is 5. The first-order valence-corrected chi connectivity index (χ1v) is 34.8. The number of fused-ring (bicyclic) bond motifs is 31. The number of thioether (sulfide) groups is 2. The average Bonchev–Trinajstić information content (AvgIpc) is 1.58. The highest BCUT2D eigenvalue weighted by molar-refractivity contribution is 8.01. The first-order chi connectivity index (χ1) is 40.4. The molecule has 12 heterocycles. The van der Waals surface area contributed by atoms with Gasteiger partial charge in [0, 0.05) is 32.8 Å². The van der Waals surface area contributed by atoms with Crippen LogP contribution in [-0.2, 0) is 66.6 Å². The van der Waals surface area contributed by atoms with E-state index in [0.29, 0.717) is 63.3 Å². The van der Waals surface area contributed by atoms with Crippen LogP contribution in [0.3, 0.4) is 0 Å². The Kier molecular flexibility index (Phi) is 16.4. The van der Waals surface area contributed by atoms with Gasteiger partial charge in [-0.15, -0.1) is 23.5 Å². The zero-order valence-electron chi connectivity index (χ0n) is 54.7. The SMILES string of the molecule is CC(C)(C)OC(=O)C1(C)CC2C=CC1O2.CC(C)(C)OC(=O)C1(C)CC2C=CC1S2.CC(C)(C)OC(=O)C1CC2CC1C1C3C=CC(O3)C21.CC(C)(C)OC(=O)C1CC2CC1C1C3C=CC(S3)C21.CC(C)(C)OC(=O)C1CC2OC1C1C3C=CC(O3)C21. The van der Waals surface area contributed by atoms with Crippen LogP contribution in [0.5, 0.6) is 0 Å². The van der Waals surface area contributed by atoms with E-state index >= 15 is 0 Å². The van der Waals surface area contributed by atoms with Crippen LogP contribution in [0.15, 0.2) is 60.8 Å². The fourth-order valence-electron chi connectivity index (χ4n) is 18.4. The van der Waals surface area contributed by atoms with E-state index in [0.717, 1.165) is 55.1 Å². The molecule has 16 heteroatoms. The van der Waals surface area contributed by atoms with Crippen LogP contribution in [0.1, 0.15) is 163 Å². The van der Waals surface area contributed by atoms with Gasteiger partial charge in [-0.3, -0.25) is 24.0 Å². The van der Waals surface area contributed by atoms with Crippen molar-refractivity contribution in [2.24, 2.45) is 87.8 Å². The molecule has 87 heavy (non-hydrogen) atoms. The van der Waals surface area contributed by atoms with Crippen molar-refractivity contribution in [1.29, 1.82) is 0 Å². The molecule has 0 spiro atoms. The third-order valence-electron chi connectivity index (χ3n) is 21.4. The topological polar surface area (TPSA) is 168 Å². The van der Waals surface area contributed by atoms with Crippen molar-refractivity contribution in [3.63, 3.8) is 0 Å². The van der Waals surface area contributed by atoms with Crippen LogP contribution in [0.2, 0.25) is 0 Å². The molecule has 0 aromatic carbocycles. The summed E-state index contributed by atoms with van der Waals surface area (Å²) < 4.78 is 51.2. The fraction of sp³-hybridized carbons (Fsp3) is 0.789. The molecular formula is C71H100O14S2. The van der Waals surface area contributed by atoms with Gasteiger partial charge in [-0.05, 0) is 210 Å². The standard InChI is InChI=1S/C16H22O3.C16H22O2S.C15H20O4.C12H18O3.C12H18O2S/c1-16(2,3)19-15(17)10-7-8-6-9(10)14-12-5-4-11(18-12)13(8)14;1-16(2,3)18-15(17)10-7-8-6-9(10)14-12-5-4-11(19-12)13(8)14;1-15(2,3)19-14(16)7-6-10-11-8-4-5-9(17-8)12(11)13(7)18-10;1-11(2,3)15-10(13)12(4)7-8-5-6-9(12)14-8;1-11(2,3)14-10(13)12(4)7-8-5-6-9(12)15-8/h2*4-5,8-14H,6-7H2,1-3H3;4-5,7-13H,6H2,1-3H3;2*5-6,8-9H,7H2,1-4H3. The van der Waals surface area contributed by atoms with E-state index < -0.39 is 16.6 Å². The van der Waals surface area contributed by atoms with Crippen molar-refractivity contribution in [3.8, 4) is 0 Å². The summed E-state index contributed by atoms with van der Waals surface area (Å²) in [5, 5.41) is 2.28. The summed E-state index contributed by atoms with van der Waals surface area (Å²) >= 11 is 4.02. The first-order valence-electron chi connectivity index (χ1n) is 32.9. The third kappa shape index (κ3) is 12.3. The molecule has 11 fully saturated rings. The molecule has 16 aliphatic rings. The summed E-state index contributed by atoms with van der Waals surface area (Å²) in [6.45, 7) is 32.9. The number of hydrogen-bond acceptors (Lipinski definition) is 16. The van der Waals surface area contributed by atoms with Crippen molar-refractivity contribution in [3.05, 3.63) is 60.8 Å². The number of carbonyl (C=O) groups is 5. The normalized spacial score (nSPS) is 45.8. The molecule has 4 aliphatic carbocycles.